The number of rotatable bonds is 4. The number of hydrogen-bond donors (Lipinski definition) is 3. The molecule has 3 rings (SSSR count). The highest BCUT2D eigenvalue weighted by Gasteiger charge is 2.61. The van der Waals surface area contributed by atoms with Gasteiger partial charge in [-0.2, -0.15) is 18.4 Å². The van der Waals surface area contributed by atoms with E-state index >= 15 is 4.39 Å². The zero-order chi connectivity index (χ0) is 28.3. The van der Waals surface area contributed by atoms with Gasteiger partial charge >= 0.3 is 18.1 Å². The summed E-state index contributed by atoms with van der Waals surface area (Å²) in [6, 6.07) is 8.49. The van der Waals surface area contributed by atoms with E-state index in [1.807, 2.05) is 20.8 Å². The SMILES string of the molecule is C.CC(C)(C)C[C@@H]1N[C@@H](C(=O)O)[C@H](c2cccc(Cl)c2F)[C@@]1(C#N)c1ccc(Br)cn1.O=C(O)C(F)(F)F. The number of carboxylic acid groups (broad SMARTS) is 2. The monoisotopic (exact) mass is 623 g/mol. The molecule has 1 aliphatic rings. The van der Waals surface area contributed by atoms with Crippen LogP contribution in [0.3, 0.4) is 0 Å². The molecule has 1 fully saturated rings. The Labute approximate surface area is 231 Å². The van der Waals surface area contributed by atoms with Crippen LogP contribution in [-0.2, 0) is 15.0 Å². The van der Waals surface area contributed by atoms with Gasteiger partial charge in [0, 0.05) is 22.6 Å². The first kappa shape index (κ1) is 33.3. The van der Waals surface area contributed by atoms with E-state index in [1.165, 1.54) is 12.1 Å². The number of aromatic nitrogens is 1. The molecule has 0 unspecified atom stereocenters. The molecule has 0 aliphatic carbocycles. The van der Waals surface area contributed by atoms with E-state index < -0.39 is 47.3 Å². The second-order valence-electron chi connectivity index (χ2n) is 9.57. The number of benzene rings is 1. The first-order chi connectivity index (χ1) is 17.0. The van der Waals surface area contributed by atoms with Crippen molar-refractivity contribution in [3.05, 3.63) is 63.1 Å². The number of halogens is 6. The molecule has 3 N–H and O–H groups in total. The molecule has 0 radical (unpaired) electrons. The largest absolute Gasteiger partial charge is 0.490 e. The number of nitriles is 1. The predicted molar refractivity (Wildman–Crippen MR) is 136 cm³/mol. The quantitative estimate of drug-likeness (QED) is 0.341. The summed E-state index contributed by atoms with van der Waals surface area (Å²) in [5.74, 6) is -5.66. The van der Waals surface area contributed by atoms with Crippen LogP contribution in [0.4, 0.5) is 17.6 Å². The number of pyridine rings is 1. The Kier molecular flexibility index (Phi) is 10.9. The summed E-state index contributed by atoms with van der Waals surface area (Å²) in [4.78, 5) is 25.6. The zero-order valence-electron chi connectivity index (χ0n) is 19.8. The minimum atomic E-state index is -5.08. The Morgan fingerprint density at radius 2 is 1.79 bits per heavy atom. The maximum absolute atomic E-state index is 15.1. The number of nitrogens with zero attached hydrogens (tertiary/aromatic N) is 2. The molecule has 208 valence electrons. The van der Waals surface area contributed by atoms with Crippen LogP contribution < -0.4 is 5.32 Å². The van der Waals surface area contributed by atoms with Gasteiger partial charge in [-0.15, -0.1) is 0 Å². The highest BCUT2D eigenvalue weighted by Crippen LogP contribution is 2.51. The summed E-state index contributed by atoms with van der Waals surface area (Å²) in [6.07, 6.45) is -3.04. The smallest absolute Gasteiger partial charge is 0.480 e. The Bertz CT molecular complexity index is 1200. The van der Waals surface area contributed by atoms with Crippen molar-refractivity contribution in [2.24, 2.45) is 5.41 Å². The Morgan fingerprint density at radius 3 is 2.21 bits per heavy atom. The summed E-state index contributed by atoms with van der Waals surface area (Å²) >= 11 is 9.36. The third-order valence-electron chi connectivity index (χ3n) is 5.73. The summed E-state index contributed by atoms with van der Waals surface area (Å²) in [5.41, 5.74) is -1.16. The fourth-order valence-electron chi connectivity index (χ4n) is 4.32. The van der Waals surface area contributed by atoms with Gasteiger partial charge in [0.15, 0.2) is 0 Å². The summed E-state index contributed by atoms with van der Waals surface area (Å²) in [5, 5.41) is 30.6. The van der Waals surface area contributed by atoms with E-state index in [-0.39, 0.29) is 23.4 Å². The molecular weight excluding hydrogens is 598 g/mol. The molecule has 0 amide bonds. The Hall–Kier alpha value is -2.75. The number of carboxylic acids is 2. The lowest BCUT2D eigenvalue weighted by molar-refractivity contribution is -0.192. The fourth-order valence-corrected chi connectivity index (χ4v) is 4.74. The van der Waals surface area contributed by atoms with Crippen LogP contribution in [-0.4, -0.2) is 45.4 Å². The van der Waals surface area contributed by atoms with Crippen LogP contribution in [0.15, 0.2) is 41.0 Å². The minimum absolute atomic E-state index is 0. The van der Waals surface area contributed by atoms with Crippen LogP contribution in [0, 0.1) is 22.6 Å². The Morgan fingerprint density at radius 1 is 1.21 bits per heavy atom. The molecule has 1 aliphatic heterocycles. The molecule has 7 nitrogen and oxygen atoms in total. The number of aliphatic carboxylic acids is 2. The molecule has 13 heteroatoms. The summed E-state index contributed by atoms with van der Waals surface area (Å²) in [7, 11) is 0. The fraction of sp³-hybridized carbons (Fsp3) is 0.440. The zero-order valence-corrected chi connectivity index (χ0v) is 22.1. The van der Waals surface area contributed by atoms with Crippen molar-refractivity contribution >= 4 is 39.5 Å². The Balaban J connectivity index is 0.000000797. The molecule has 0 saturated carbocycles. The van der Waals surface area contributed by atoms with Crippen molar-refractivity contribution in [1.82, 2.24) is 10.3 Å². The second-order valence-corrected chi connectivity index (χ2v) is 10.9. The normalized spacial score (nSPS) is 22.9. The van der Waals surface area contributed by atoms with E-state index in [0.717, 1.165) is 4.47 Å². The van der Waals surface area contributed by atoms with Gasteiger partial charge in [0.1, 0.15) is 17.3 Å². The molecule has 1 aromatic carbocycles. The van der Waals surface area contributed by atoms with Crippen molar-refractivity contribution in [2.45, 2.75) is 64.2 Å². The summed E-state index contributed by atoms with van der Waals surface area (Å²) in [6.45, 7) is 6.03. The lowest BCUT2D eigenvalue weighted by Gasteiger charge is -2.36. The standard InChI is InChI=1S/C22H22BrClFN3O2.C2HF3O2.CH4/c1-21(2,3)9-16-22(11-26,15-8-7-12(23)10-27-15)17(19(28-16)20(29)30)13-5-4-6-14(24)18(13)25;3-2(4,5)1(6)7;/h4-8,10,16-17,19,28H,9H2,1-3H3,(H,29,30);(H,6,7);1H4/t16-,17-,19+,22-;;/m0../s1. The van der Waals surface area contributed by atoms with Gasteiger partial charge in [0.25, 0.3) is 0 Å². The van der Waals surface area contributed by atoms with Gasteiger partial charge in [-0.3, -0.25) is 15.1 Å². The van der Waals surface area contributed by atoms with Crippen molar-refractivity contribution in [3.8, 4) is 6.07 Å². The van der Waals surface area contributed by atoms with E-state index in [4.69, 9.17) is 21.5 Å². The van der Waals surface area contributed by atoms with Crippen molar-refractivity contribution in [2.75, 3.05) is 0 Å². The summed E-state index contributed by atoms with van der Waals surface area (Å²) < 4.78 is 47.6. The molecular formula is C25H27BrClF4N3O4. The van der Waals surface area contributed by atoms with Crippen molar-refractivity contribution in [1.29, 1.82) is 5.26 Å². The topological polar surface area (TPSA) is 123 Å². The van der Waals surface area contributed by atoms with Crippen LogP contribution in [0.1, 0.15) is 51.8 Å². The maximum Gasteiger partial charge on any atom is 0.490 e. The highest BCUT2D eigenvalue weighted by atomic mass is 79.9. The molecule has 0 spiro atoms. The molecule has 1 saturated heterocycles. The second kappa shape index (κ2) is 12.4. The van der Waals surface area contributed by atoms with Crippen molar-refractivity contribution < 1.29 is 37.4 Å². The molecule has 1 aromatic heterocycles. The van der Waals surface area contributed by atoms with E-state index in [9.17, 15) is 28.3 Å². The number of carbonyl (C=O) groups is 2. The van der Waals surface area contributed by atoms with Gasteiger partial charge in [0.05, 0.1) is 16.8 Å². The molecule has 4 atom stereocenters. The predicted octanol–water partition coefficient (Wildman–Crippen LogP) is 6.31. The maximum atomic E-state index is 15.1. The molecule has 0 bridgehead atoms. The van der Waals surface area contributed by atoms with Crippen LogP contribution >= 0.6 is 27.5 Å². The lowest BCUT2D eigenvalue weighted by Crippen LogP contribution is -2.44. The first-order valence-electron chi connectivity index (χ1n) is 10.7. The minimum Gasteiger partial charge on any atom is -0.480 e. The number of alkyl halides is 3. The third kappa shape index (κ3) is 7.21. The van der Waals surface area contributed by atoms with Gasteiger partial charge in [0.2, 0.25) is 0 Å². The third-order valence-corrected chi connectivity index (χ3v) is 6.49. The molecule has 2 heterocycles. The average Bonchev–Trinajstić information content (AvgIpc) is 3.09. The van der Waals surface area contributed by atoms with Gasteiger partial charge in [-0.1, -0.05) is 51.9 Å². The van der Waals surface area contributed by atoms with E-state index in [1.54, 1.807) is 24.4 Å². The van der Waals surface area contributed by atoms with Gasteiger partial charge in [-0.05, 0) is 51.5 Å². The number of nitrogens with one attached hydrogen (secondary N) is 1. The molecule has 38 heavy (non-hydrogen) atoms. The molecule has 2 aromatic rings. The highest BCUT2D eigenvalue weighted by molar-refractivity contribution is 9.10. The van der Waals surface area contributed by atoms with E-state index in [0.29, 0.717) is 12.1 Å². The average molecular weight is 625 g/mol. The van der Waals surface area contributed by atoms with Gasteiger partial charge < -0.3 is 10.2 Å². The van der Waals surface area contributed by atoms with Crippen LogP contribution in [0.2, 0.25) is 5.02 Å². The van der Waals surface area contributed by atoms with Crippen LogP contribution in [0.25, 0.3) is 0 Å². The van der Waals surface area contributed by atoms with Gasteiger partial charge in [-0.25, -0.2) is 9.18 Å². The number of hydrogen-bond acceptors (Lipinski definition) is 5. The van der Waals surface area contributed by atoms with E-state index in [2.05, 4.69) is 32.3 Å². The van der Waals surface area contributed by atoms with Crippen molar-refractivity contribution in [3.63, 3.8) is 0 Å². The van der Waals surface area contributed by atoms with Crippen LogP contribution in [0.5, 0.6) is 0 Å². The lowest BCUT2D eigenvalue weighted by atomic mass is 9.64. The first-order valence-corrected chi connectivity index (χ1v) is 11.9.